The van der Waals surface area contributed by atoms with Gasteiger partial charge in [0.25, 0.3) is 5.91 Å². The molecule has 6 nitrogen and oxygen atoms in total. The Morgan fingerprint density at radius 2 is 1.93 bits per heavy atom. The third-order valence-electron chi connectivity index (χ3n) is 5.05. The highest BCUT2D eigenvalue weighted by atomic mass is 32.2. The number of carbonyl (C=O) groups is 1. The smallest absolute Gasteiger partial charge is 0.253 e. The molecule has 1 unspecified atom stereocenters. The van der Waals surface area contributed by atoms with Gasteiger partial charge in [-0.25, -0.2) is 8.42 Å². The van der Waals surface area contributed by atoms with E-state index in [1.807, 2.05) is 6.07 Å². The summed E-state index contributed by atoms with van der Waals surface area (Å²) in [4.78, 5) is 16.5. The summed E-state index contributed by atoms with van der Waals surface area (Å²) in [7, 11) is -3.46. The summed E-state index contributed by atoms with van der Waals surface area (Å²) in [5, 5.41) is 5.07. The summed E-state index contributed by atoms with van der Waals surface area (Å²) in [6, 6.07) is 10.9. The van der Waals surface area contributed by atoms with E-state index in [0.717, 1.165) is 38.1 Å². The van der Waals surface area contributed by atoms with E-state index in [2.05, 4.69) is 33.3 Å². The molecule has 0 bridgehead atoms. The fourth-order valence-electron chi connectivity index (χ4n) is 3.49. The molecule has 1 fully saturated rings. The molecule has 28 heavy (non-hydrogen) atoms. The van der Waals surface area contributed by atoms with Crippen LogP contribution in [0.15, 0.2) is 41.8 Å². The zero-order valence-corrected chi connectivity index (χ0v) is 17.9. The highest BCUT2D eigenvalue weighted by Crippen LogP contribution is 2.29. The molecule has 1 amide bonds. The van der Waals surface area contributed by atoms with Crippen molar-refractivity contribution < 1.29 is 13.2 Å². The maximum absolute atomic E-state index is 12.8. The number of rotatable bonds is 7. The van der Waals surface area contributed by atoms with Crippen LogP contribution in [0.2, 0.25) is 0 Å². The van der Waals surface area contributed by atoms with Crippen LogP contribution in [0.1, 0.15) is 41.0 Å². The molecular formula is C20H27N3O3S2. The summed E-state index contributed by atoms with van der Waals surface area (Å²) >= 11 is 1.70. The minimum absolute atomic E-state index is 0.131. The van der Waals surface area contributed by atoms with Crippen molar-refractivity contribution in [2.45, 2.75) is 25.8 Å². The predicted octanol–water partition coefficient (Wildman–Crippen LogP) is 3.32. The molecule has 2 aromatic rings. The molecular weight excluding hydrogens is 394 g/mol. The first-order valence-corrected chi connectivity index (χ1v) is 12.2. The summed E-state index contributed by atoms with van der Waals surface area (Å²) in [5.41, 5.74) is 0.618. The number of thiophene rings is 1. The normalized spacial score (nSPS) is 17.2. The number of benzene rings is 1. The van der Waals surface area contributed by atoms with Crippen LogP contribution in [0, 0.1) is 5.92 Å². The number of para-hydroxylation sites is 1. The van der Waals surface area contributed by atoms with Gasteiger partial charge in [0.05, 0.1) is 23.5 Å². The third-order valence-corrected chi connectivity index (χ3v) is 6.62. The van der Waals surface area contributed by atoms with Crippen LogP contribution in [0.5, 0.6) is 0 Å². The van der Waals surface area contributed by atoms with Gasteiger partial charge >= 0.3 is 0 Å². The second-order valence-electron chi connectivity index (χ2n) is 7.38. The van der Waals surface area contributed by atoms with Crippen LogP contribution in [0.4, 0.5) is 5.69 Å². The van der Waals surface area contributed by atoms with E-state index < -0.39 is 10.0 Å². The van der Waals surface area contributed by atoms with Gasteiger partial charge in [-0.2, -0.15) is 0 Å². The highest BCUT2D eigenvalue weighted by Gasteiger charge is 2.26. The maximum Gasteiger partial charge on any atom is 0.253 e. The van der Waals surface area contributed by atoms with Gasteiger partial charge in [0.1, 0.15) is 0 Å². The van der Waals surface area contributed by atoms with Crippen molar-refractivity contribution >= 4 is 33.0 Å². The van der Waals surface area contributed by atoms with Crippen LogP contribution in [-0.4, -0.2) is 45.1 Å². The molecule has 1 saturated heterocycles. The van der Waals surface area contributed by atoms with Crippen molar-refractivity contribution in [2.75, 3.05) is 30.6 Å². The average molecular weight is 422 g/mol. The SMILES string of the molecule is CC1CCN(C(CNC(=O)c2ccccc2NS(C)(=O)=O)c2cccs2)CC1. The molecule has 1 aromatic carbocycles. The second-order valence-corrected chi connectivity index (χ2v) is 10.1. The second kappa shape index (κ2) is 9.07. The lowest BCUT2D eigenvalue weighted by Crippen LogP contribution is -2.41. The molecule has 0 spiro atoms. The Hall–Kier alpha value is -1.90. The van der Waals surface area contributed by atoms with E-state index in [-0.39, 0.29) is 11.9 Å². The van der Waals surface area contributed by atoms with Crippen LogP contribution in [-0.2, 0) is 10.0 Å². The summed E-state index contributed by atoms with van der Waals surface area (Å²) in [5.74, 6) is 0.461. The number of nitrogens with one attached hydrogen (secondary N) is 2. The Kier molecular flexibility index (Phi) is 6.74. The number of hydrogen-bond donors (Lipinski definition) is 2. The lowest BCUT2D eigenvalue weighted by molar-refractivity contribution is 0.0915. The number of carbonyl (C=O) groups excluding carboxylic acids is 1. The van der Waals surface area contributed by atoms with Crippen molar-refractivity contribution in [3.63, 3.8) is 0 Å². The zero-order chi connectivity index (χ0) is 20.1. The minimum Gasteiger partial charge on any atom is -0.350 e. The Morgan fingerprint density at radius 3 is 2.57 bits per heavy atom. The number of likely N-dealkylation sites (tertiary alicyclic amines) is 1. The topological polar surface area (TPSA) is 78.5 Å². The van der Waals surface area contributed by atoms with Crippen molar-refractivity contribution in [1.29, 1.82) is 0 Å². The molecule has 2 N–H and O–H groups in total. The van der Waals surface area contributed by atoms with Gasteiger partial charge in [-0.15, -0.1) is 11.3 Å². The lowest BCUT2D eigenvalue weighted by Gasteiger charge is -2.36. The van der Waals surface area contributed by atoms with E-state index in [4.69, 9.17) is 0 Å². The molecule has 0 radical (unpaired) electrons. The molecule has 1 aromatic heterocycles. The van der Waals surface area contributed by atoms with Crippen molar-refractivity contribution in [3.8, 4) is 0 Å². The molecule has 8 heteroatoms. The van der Waals surface area contributed by atoms with E-state index in [9.17, 15) is 13.2 Å². The number of nitrogens with zero attached hydrogens (tertiary/aromatic N) is 1. The molecule has 1 aliphatic heterocycles. The van der Waals surface area contributed by atoms with Gasteiger partial charge in [0, 0.05) is 11.4 Å². The molecule has 0 saturated carbocycles. The quantitative estimate of drug-likeness (QED) is 0.719. The summed E-state index contributed by atoms with van der Waals surface area (Å²) in [6.45, 7) is 4.81. The summed E-state index contributed by atoms with van der Waals surface area (Å²) in [6.07, 6.45) is 3.40. The zero-order valence-electron chi connectivity index (χ0n) is 16.2. The lowest BCUT2D eigenvalue weighted by atomic mass is 9.97. The van der Waals surface area contributed by atoms with E-state index in [1.165, 1.54) is 4.88 Å². The fraction of sp³-hybridized carbons (Fsp3) is 0.450. The molecule has 0 aliphatic carbocycles. The first-order valence-electron chi connectivity index (χ1n) is 9.46. The third kappa shape index (κ3) is 5.56. The Morgan fingerprint density at radius 1 is 1.21 bits per heavy atom. The maximum atomic E-state index is 12.8. The van der Waals surface area contributed by atoms with Gasteiger partial charge in [0.15, 0.2) is 0 Å². The van der Waals surface area contributed by atoms with Crippen molar-refractivity contribution in [3.05, 3.63) is 52.2 Å². The van der Waals surface area contributed by atoms with Crippen molar-refractivity contribution in [1.82, 2.24) is 10.2 Å². The molecule has 152 valence electrons. The monoisotopic (exact) mass is 421 g/mol. The van der Waals surface area contributed by atoms with Crippen LogP contribution in [0.25, 0.3) is 0 Å². The molecule has 1 aliphatic rings. The summed E-state index contributed by atoms with van der Waals surface area (Å²) < 4.78 is 25.6. The van der Waals surface area contributed by atoms with Gasteiger partial charge in [-0.1, -0.05) is 25.1 Å². The Balaban J connectivity index is 1.72. The Bertz CT molecular complexity index is 889. The van der Waals surface area contributed by atoms with Gasteiger partial charge in [0.2, 0.25) is 10.0 Å². The van der Waals surface area contributed by atoms with Gasteiger partial charge in [-0.05, 0) is 55.4 Å². The number of sulfonamides is 1. The first kappa shape index (κ1) is 20.8. The molecule has 1 atom stereocenters. The van der Waals surface area contributed by atoms with Crippen molar-refractivity contribution in [2.24, 2.45) is 5.92 Å². The van der Waals surface area contributed by atoms with E-state index in [0.29, 0.717) is 17.8 Å². The Labute approximate surface area is 171 Å². The molecule has 3 rings (SSSR count). The highest BCUT2D eigenvalue weighted by molar-refractivity contribution is 7.92. The molecule has 2 heterocycles. The van der Waals surface area contributed by atoms with Gasteiger partial charge in [-0.3, -0.25) is 14.4 Å². The fourth-order valence-corrected chi connectivity index (χ4v) is 4.92. The average Bonchev–Trinajstić information content (AvgIpc) is 3.17. The first-order chi connectivity index (χ1) is 13.3. The number of hydrogen-bond acceptors (Lipinski definition) is 5. The number of piperidine rings is 1. The van der Waals surface area contributed by atoms with Crippen LogP contribution in [0.3, 0.4) is 0 Å². The number of amides is 1. The van der Waals surface area contributed by atoms with E-state index in [1.54, 1.807) is 35.6 Å². The van der Waals surface area contributed by atoms with Gasteiger partial charge < -0.3 is 5.32 Å². The minimum atomic E-state index is -3.46. The number of anilines is 1. The largest absolute Gasteiger partial charge is 0.350 e. The predicted molar refractivity (Wildman–Crippen MR) is 114 cm³/mol. The standard InChI is InChI=1S/C20H27N3O3S2/c1-15-9-11-23(12-10-15)18(19-8-5-13-27-19)14-21-20(24)16-6-3-4-7-17(16)22-28(2,25)26/h3-8,13,15,18,22H,9-12,14H2,1-2H3,(H,21,24). The van der Waals surface area contributed by atoms with E-state index >= 15 is 0 Å². The van der Waals surface area contributed by atoms with Crippen LogP contribution >= 0.6 is 11.3 Å². The van der Waals surface area contributed by atoms with Crippen LogP contribution < -0.4 is 10.0 Å².